The van der Waals surface area contributed by atoms with Gasteiger partial charge in [0.2, 0.25) is 0 Å². The van der Waals surface area contributed by atoms with Gasteiger partial charge >= 0.3 is 0 Å². The van der Waals surface area contributed by atoms with Crippen LogP contribution in [-0.4, -0.2) is 16.3 Å². The molecule has 1 fully saturated rings. The number of hydrogen-bond donors (Lipinski definition) is 1. The Balaban J connectivity index is 2.03. The van der Waals surface area contributed by atoms with Gasteiger partial charge in [-0.25, -0.2) is 0 Å². The van der Waals surface area contributed by atoms with Gasteiger partial charge in [0.25, 0.3) is 0 Å². The first-order valence-corrected chi connectivity index (χ1v) is 7.12. The molecule has 0 spiro atoms. The second-order valence-electron chi connectivity index (χ2n) is 5.06. The van der Waals surface area contributed by atoms with Crippen LogP contribution in [0.25, 0.3) is 0 Å². The Morgan fingerprint density at radius 2 is 2.12 bits per heavy atom. The lowest BCUT2D eigenvalue weighted by Gasteiger charge is -2.22. The molecule has 1 saturated carbocycles. The number of hydrogen-bond acceptors (Lipinski definition) is 2. The highest BCUT2D eigenvalue weighted by Crippen LogP contribution is 2.28. The predicted octanol–water partition coefficient (Wildman–Crippen LogP) is 3.45. The molecule has 0 amide bonds. The molecule has 1 unspecified atom stereocenters. The van der Waals surface area contributed by atoms with Crippen LogP contribution in [0.4, 0.5) is 0 Å². The maximum atomic E-state index is 4.57. The molecule has 0 bridgehead atoms. The van der Waals surface area contributed by atoms with E-state index in [-0.39, 0.29) is 0 Å². The van der Waals surface area contributed by atoms with Crippen molar-refractivity contribution in [3.63, 3.8) is 0 Å². The lowest BCUT2D eigenvalue weighted by Crippen LogP contribution is -2.19. The van der Waals surface area contributed by atoms with Crippen LogP contribution in [0.5, 0.6) is 0 Å². The molecule has 1 aliphatic rings. The summed E-state index contributed by atoms with van der Waals surface area (Å²) in [5, 5.41) is 8.08. The monoisotopic (exact) mass is 235 g/mol. The number of nitrogens with zero attached hydrogens (tertiary/aromatic N) is 2. The second kappa shape index (κ2) is 6.20. The van der Waals surface area contributed by atoms with Gasteiger partial charge in [-0.3, -0.25) is 4.68 Å². The molecular formula is C14H25N3. The van der Waals surface area contributed by atoms with Crippen LogP contribution >= 0.6 is 0 Å². The Kier molecular flexibility index (Phi) is 4.60. The molecule has 1 atom stereocenters. The Bertz CT molecular complexity index is 307. The van der Waals surface area contributed by atoms with Crippen molar-refractivity contribution >= 4 is 0 Å². The molecule has 1 aromatic rings. The van der Waals surface area contributed by atoms with Crippen molar-refractivity contribution in [2.24, 2.45) is 0 Å². The molecule has 0 radical (unpaired) electrons. The topological polar surface area (TPSA) is 29.9 Å². The molecule has 0 saturated heterocycles. The standard InChI is InChI=1S/C14H25N3/c1-3-14(15-4-2)12-10-16-17(11-12)13-8-6-5-7-9-13/h10-11,13-15H,3-9H2,1-2H3. The summed E-state index contributed by atoms with van der Waals surface area (Å²) in [5.74, 6) is 0. The molecule has 1 N–H and O–H groups in total. The third kappa shape index (κ3) is 3.09. The summed E-state index contributed by atoms with van der Waals surface area (Å²) in [6.45, 7) is 5.41. The first-order valence-electron chi connectivity index (χ1n) is 7.12. The minimum absolute atomic E-state index is 0.470. The van der Waals surface area contributed by atoms with Crippen LogP contribution in [0.2, 0.25) is 0 Å². The normalized spacial score (nSPS) is 19.4. The van der Waals surface area contributed by atoms with Gasteiger partial charge in [-0.1, -0.05) is 33.1 Å². The van der Waals surface area contributed by atoms with E-state index in [4.69, 9.17) is 0 Å². The van der Waals surface area contributed by atoms with Gasteiger partial charge in [-0.2, -0.15) is 5.10 Å². The van der Waals surface area contributed by atoms with Crippen molar-refractivity contribution in [1.29, 1.82) is 0 Å². The number of aromatic nitrogens is 2. The highest BCUT2D eigenvalue weighted by Gasteiger charge is 2.17. The van der Waals surface area contributed by atoms with Crippen LogP contribution in [0, 0.1) is 0 Å². The Morgan fingerprint density at radius 1 is 1.35 bits per heavy atom. The fourth-order valence-electron chi connectivity index (χ4n) is 2.82. The molecule has 2 rings (SSSR count). The molecule has 0 aromatic carbocycles. The summed E-state index contributed by atoms with van der Waals surface area (Å²) < 4.78 is 2.20. The van der Waals surface area contributed by atoms with Gasteiger partial charge in [0.1, 0.15) is 0 Å². The van der Waals surface area contributed by atoms with Crippen LogP contribution in [0.1, 0.15) is 70.0 Å². The number of nitrogens with one attached hydrogen (secondary N) is 1. The highest BCUT2D eigenvalue weighted by molar-refractivity contribution is 5.10. The van der Waals surface area contributed by atoms with E-state index in [0.29, 0.717) is 12.1 Å². The summed E-state index contributed by atoms with van der Waals surface area (Å²) in [4.78, 5) is 0. The summed E-state index contributed by atoms with van der Waals surface area (Å²) in [6, 6.07) is 1.12. The number of rotatable bonds is 5. The largest absolute Gasteiger partial charge is 0.310 e. The van der Waals surface area contributed by atoms with E-state index in [2.05, 4.69) is 35.1 Å². The fourth-order valence-corrected chi connectivity index (χ4v) is 2.82. The minimum atomic E-state index is 0.470. The van der Waals surface area contributed by atoms with Crippen molar-refractivity contribution in [2.45, 2.75) is 64.5 Å². The Hall–Kier alpha value is -0.830. The van der Waals surface area contributed by atoms with Crippen LogP contribution in [0.3, 0.4) is 0 Å². The van der Waals surface area contributed by atoms with Crippen LogP contribution in [-0.2, 0) is 0 Å². The van der Waals surface area contributed by atoms with Gasteiger partial charge in [-0.05, 0) is 25.8 Å². The van der Waals surface area contributed by atoms with E-state index in [0.717, 1.165) is 13.0 Å². The van der Waals surface area contributed by atoms with E-state index < -0.39 is 0 Å². The molecular weight excluding hydrogens is 210 g/mol. The third-order valence-corrected chi connectivity index (χ3v) is 3.83. The summed E-state index contributed by atoms with van der Waals surface area (Å²) in [7, 11) is 0. The quantitative estimate of drug-likeness (QED) is 0.847. The van der Waals surface area contributed by atoms with Crippen molar-refractivity contribution in [3.8, 4) is 0 Å². The van der Waals surface area contributed by atoms with E-state index in [9.17, 15) is 0 Å². The molecule has 96 valence electrons. The van der Waals surface area contributed by atoms with Crippen molar-refractivity contribution in [2.75, 3.05) is 6.54 Å². The Morgan fingerprint density at radius 3 is 2.76 bits per heavy atom. The lowest BCUT2D eigenvalue weighted by molar-refractivity contribution is 0.329. The molecule has 17 heavy (non-hydrogen) atoms. The average Bonchev–Trinajstić information content (AvgIpc) is 2.86. The molecule has 1 heterocycles. The van der Waals surface area contributed by atoms with Crippen LogP contribution in [0.15, 0.2) is 12.4 Å². The van der Waals surface area contributed by atoms with E-state index in [1.54, 1.807) is 0 Å². The highest BCUT2D eigenvalue weighted by atomic mass is 15.3. The van der Waals surface area contributed by atoms with E-state index in [1.165, 1.54) is 37.7 Å². The zero-order chi connectivity index (χ0) is 12.1. The van der Waals surface area contributed by atoms with Crippen LogP contribution < -0.4 is 5.32 Å². The zero-order valence-electron chi connectivity index (χ0n) is 11.2. The SMILES string of the molecule is CCNC(CC)c1cnn(C2CCCCC2)c1. The molecule has 1 aromatic heterocycles. The molecule has 3 nitrogen and oxygen atoms in total. The average molecular weight is 235 g/mol. The third-order valence-electron chi connectivity index (χ3n) is 3.83. The summed E-state index contributed by atoms with van der Waals surface area (Å²) >= 11 is 0. The van der Waals surface area contributed by atoms with Gasteiger partial charge in [0.05, 0.1) is 12.2 Å². The first-order chi connectivity index (χ1) is 8.35. The summed E-state index contributed by atoms with van der Waals surface area (Å²) in [6.07, 6.45) is 12.2. The summed E-state index contributed by atoms with van der Waals surface area (Å²) in [5.41, 5.74) is 1.35. The van der Waals surface area contributed by atoms with Gasteiger partial charge < -0.3 is 5.32 Å². The van der Waals surface area contributed by atoms with E-state index >= 15 is 0 Å². The maximum absolute atomic E-state index is 4.57. The van der Waals surface area contributed by atoms with Gasteiger partial charge in [0, 0.05) is 17.8 Å². The molecule has 0 aliphatic heterocycles. The fraction of sp³-hybridized carbons (Fsp3) is 0.786. The smallest absolute Gasteiger partial charge is 0.0537 e. The second-order valence-corrected chi connectivity index (χ2v) is 5.06. The minimum Gasteiger partial charge on any atom is -0.310 e. The molecule has 3 heteroatoms. The molecule has 1 aliphatic carbocycles. The van der Waals surface area contributed by atoms with Gasteiger partial charge in [0.15, 0.2) is 0 Å². The zero-order valence-corrected chi connectivity index (χ0v) is 11.2. The van der Waals surface area contributed by atoms with E-state index in [1.807, 2.05) is 6.20 Å². The van der Waals surface area contributed by atoms with Crippen molar-refractivity contribution in [3.05, 3.63) is 18.0 Å². The maximum Gasteiger partial charge on any atom is 0.0537 e. The van der Waals surface area contributed by atoms with Crippen molar-refractivity contribution in [1.82, 2.24) is 15.1 Å². The lowest BCUT2D eigenvalue weighted by atomic mass is 9.96. The van der Waals surface area contributed by atoms with Crippen molar-refractivity contribution < 1.29 is 0 Å². The Labute approximate surface area is 105 Å². The first kappa shape index (κ1) is 12.6. The predicted molar refractivity (Wildman–Crippen MR) is 71.1 cm³/mol. The van der Waals surface area contributed by atoms with Gasteiger partial charge in [-0.15, -0.1) is 0 Å².